The first kappa shape index (κ1) is 23.5. The first-order chi connectivity index (χ1) is 16.2. The van der Waals surface area contributed by atoms with E-state index in [1.165, 1.54) is 18.2 Å². The van der Waals surface area contributed by atoms with Crippen LogP contribution >= 0.6 is 0 Å². The average Bonchev–Trinajstić information content (AvgIpc) is 2.76. The van der Waals surface area contributed by atoms with Crippen molar-refractivity contribution in [2.75, 3.05) is 0 Å². The van der Waals surface area contributed by atoms with Crippen LogP contribution in [0.3, 0.4) is 0 Å². The molecular weight excluding hydrogens is 457 g/mol. The summed E-state index contributed by atoms with van der Waals surface area (Å²) in [4.78, 5) is 0. The molecule has 174 valence electrons. The Kier molecular flexibility index (Phi) is 6.46. The van der Waals surface area contributed by atoms with E-state index in [4.69, 9.17) is 0 Å². The first-order valence-corrected chi connectivity index (χ1v) is 10.4. The second kappa shape index (κ2) is 9.33. The van der Waals surface area contributed by atoms with E-state index < -0.39 is 46.3 Å². The molecular formula is C27H17F7. The van der Waals surface area contributed by atoms with Gasteiger partial charge in [-0.3, -0.25) is 0 Å². The van der Waals surface area contributed by atoms with Gasteiger partial charge in [-0.05, 0) is 58.8 Å². The zero-order valence-electron chi connectivity index (χ0n) is 17.8. The fourth-order valence-corrected chi connectivity index (χ4v) is 3.98. The van der Waals surface area contributed by atoms with Crippen molar-refractivity contribution in [1.29, 1.82) is 0 Å². The minimum atomic E-state index is -2.27. The largest absolute Gasteiger partial charge is 0.271 e. The predicted molar refractivity (Wildman–Crippen MR) is 119 cm³/mol. The fraction of sp³-hybridized carbons (Fsp3) is 0.111. The highest BCUT2D eigenvalue weighted by Crippen LogP contribution is 2.35. The zero-order valence-corrected chi connectivity index (χ0v) is 17.8. The number of hydrogen-bond acceptors (Lipinski definition) is 0. The van der Waals surface area contributed by atoms with Crippen molar-refractivity contribution >= 4 is 16.8 Å². The minimum Gasteiger partial charge on any atom is -0.206 e. The van der Waals surface area contributed by atoms with Gasteiger partial charge in [0.1, 0.15) is 29.1 Å². The van der Waals surface area contributed by atoms with Gasteiger partial charge < -0.3 is 0 Å². The summed E-state index contributed by atoms with van der Waals surface area (Å²) in [5, 5.41) is -0.256. The molecule has 0 heterocycles. The van der Waals surface area contributed by atoms with Crippen molar-refractivity contribution < 1.29 is 30.7 Å². The molecule has 7 heteroatoms. The lowest BCUT2D eigenvalue weighted by molar-refractivity contribution is 0.428. The second-order valence-electron chi connectivity index (χ2n) is 7.84. The van der Waals surface area contributed by atoms with Crippen LogP contribution in [0.4, 0.5) is 30.7 Å². The van der Waals surface area contributed by atoms with E-state index >= 15 is 0 Å². The molecule has 0 fully saturated rings. The number of rotatable bonds is 5. The monoisotopic (exact) mass is 474 g/mol. The van der Waals surface area contributed by atoms with E-state index in [1.54, 1.807) is 6.07 Å². The minimum absolute atomic E-state index is 0.00172. The molecule has 0 unspecified atom stereocenters. The third-order valence-corrected chi connectivity index (χ3v) is 5.53. The molecule has 34 heavy (non-hydrogen) atoms. The maximum atomic E-state index is 15.0. The normalized spacial score (nSPS) is 11.2. The van der Waals surface area contributed by atoms with Crippen LogP contribution in [0.2, 0.25) is 0 Å². The summed E-state index contributed by atoms with van der Waals surface area (Å²) in [7, 11) is 0. The molecule has 0 atom stereocenters. The van der Waals surface area contributed by atoms with E-state index in [2.05, 4.69) is 0 Å². The lowest BCUT2D eigenvalue weighted by Crippen LogP contribution is -1.96. The van der Waals surface area contributed by atoms with Gasteiger partial charge in [-0.15, -0.1) is 0 Å². The van der Waals surface area contributed by atoms with Crippen LogP contribution in [0.15, 0.2) is 60.7 Å². The van der Waals surface area contributed by atoms with E-state index in [1.807, 2.05) is 6.92 Å². The molecule has 0 saturated carbocycles. The molecule has 4 rings (SSSR count). The number of benzene rings is 4. The number of halogens is 7. The van der Waals surface area contributed by atoms with Crippen LogP contribution in [0, 0.1) is 29.1 Å². The van der Waals surface area contributed by atoms with Crippen molar-refractivity contribution in [1.82, 2.24) is 0 Å². The highest BCUT2D eigenvalue weighted by molar-refractivity contribution is 5.90. The highest BCUT2D eigenvalue weighted by Gasteiger charge is 2.19. The zero-order chi connectivity index (χ0) is 24.6. The third kappa shape index (κ3) is 4.42. The quantitative estimate of drug-likeness (QED) is 0.253. The number of fused-ring (bicyclic) bond motifs is 1. The van der Waals surface area contributed by atoms with Crippen LogP contribution < -0.4 is 0 Å². The first-order valence-electron chi connectivity index (χ1n) is 10.4. The van der Waals surface area contributed by atoms with Crippen molar-refractivity contribution in [3.8, 4) is 22.3 Å². The van der Waals surface area contributed by atoms with Crippen molar-refractivity contribution in [3.05, 3.63) is 101 Å². The van der Waals surface area contributed by atoms with Crippen LogP contribution in [0.5, 0.6) is 0 Å². The molecule has 4 aromatic rings. The molecule has 0 N–H and O–H groups in total. The fourth-order valence-electron chi connectivity index (χ4n) is 3.98. The molecule has 0 radical (unpaired) electrons. The van der Waals surface area contributed by atoms with Gasteiger partial charge in [-0.2, -0.15) is 8.78 Å². The molecule has 0 aromatic heterocycles. The molecule has 0 spiro atoms. The molecule has 0 saturated heterocycles. The van der Waals surface area contributed by atoms with Gasteiger partial charge in [0, 0.05) is 17.0 Å². The summed E-state index contributed by atoms with van der Waals surface area (Å²) in [6.07, 6.45) is -0.706. The summed E-state index contributed by atoms with van der Waals surface area (Å²) < 4.78 is 98.2. The Morgan fingerprint density at radius 2 is 1.44 bits per heavy atom. The van der Waals surface area contributed by atoms with Crippen LogP contribution in [0.1, 0.15) is 24.5 Å². The van der Waals surface area contributed by atoms with Crippen LogP contribution in [0.25, 0.3) is 39.1 Å². The Morgan fingerprint density at radius 1 is 0.735 bits per heavy atom. The van der Waals surface area contributed by atoms with E-state index in [9.17, 15) is 30.7 Å². The topological polar surface area (TPSA) is 0 Å². The summed E-state index contributed by atoms with van der Waals surface area (Å²) in [5.41, 5.74) is -0.590. The number of hydrogen-bond donors (Lipinski definition) is 0. The highest BCUT2D eigenvalue weighted by atomic mass is 19.3. The maximum absolute atomic E-state index is 15.0. The second-order valence-corrected chi connectivity index (χ2v) is 7.84. The lowest BCUT2D eigenvalue weighted by Gasteiger charge is -2.12. The van der Waals surface area contributed by atoms with Crippen molar-refractivity contribution in [3.63, 3.8) is 0 Å². The van der Waals surface area contributed by atoms with Crippen molar-refractivity contribution in [2.24, 2.45) is 0 Å². The Balaban J connectivity index is 1.79. The maximum Gasteiger partial charge on any atom is 0.271 e. The van der Waals surface area contributed by atoms with Crippen LogP contribution in [-0.4, -0.2) is 0 Å². The smallest absolute Gasteiger partial charge is 0.206 e. The summed E-state index contributed by atoms with van der Waals surface area (Å²) >= 11 is 0. The van der Waals surface area contributed by atoms with E-state index in [-0.39, 0.29) is 33.5 Å². The van der Waals surface area contributed by atoms with E-state index in [0.717, 1.165) is 42.3 Å². The summed E-state index contributed by atoms with van der Waals surface area (Å²) in [6.45, 7) is 1.95. The SMILES string of the molecule is CCCc1ccc(-c2cc(F)c(-c3ccc4c(F)c(C=C(F)F)c(F)cc4c3)c(F)c2)c(F)c1. The molecule has 0 aliphatic heterocycles. The summed E-state index contributed by atoms with van der Waals surface area (Å²) in [5.74, 6) is -5.05. The van der Waals surface area contributed by atoms with Gasteiger partial charge in [-0.1, -0.05) is 37.6 Å². The third-order valence-electron chi connectivity index (χ3n) is 5.53. The standard InChI is InChI=1S/C27H17F7/c1-2-3-14-4-6-18(21(28)8-14)17-11-23(30)26(24(31)12-17)15-5-7-19-16(9-15)10-22(29)20(27(19)34)13-25(32)33/h4-13H,2-3H2,1H3. The molecule has 0 nitrogen and oxygen atoms in total. The average molecular weight is 474 g/mol. The van der Waals surface area contributed by atoms with Crippen LogP contribution in [-0.2, 0) is 6.42 Å². The molecule has 4 aromatic carbocycles. The Labute approximate surface area is 191 Å². The molecule has 0 aliphatic carbocycles. The number of aryl methyl sites for hydroxylation is 1. The van der Waals surface area contributed by atoms with Gasteiger partial charge in [0.2, 0.25) is 0 Å². The molecule has 0 bridgehead atoms. The van der Waals surface area contributed by atoms with Gasteiger partial charge in [0.25, 0.3) is 6.08 Å². The molecule has 0 amide bonds. The van der Waals surface area contributed by atoms with Crippen molar-refractivity contribution in [2.45, 2.75) is 19.8 Å². The summed E-state index contributed by atoms with van der Waals surface area (Å²) in [6, 6.07) is 10.7. The Hall–Kier alpha value is -3.61. The van der Waals surface area contributed by atoms with Gasteiger partial charge >= 0.3 is 0 Å². The van der Waals surface area contributed by atoms with E-state index in [0.29, 0.717) is 6.42 Å². The molecule has 0 aliphatic rings. The van der Waals surface area contributed by atoms with Gasteiger partial charge in [0.05, 0.1) is 11.1 Å². The predicted octanol–water partition coefficient (Wildman–Crippen LogP) is 9.06. The Bertz CT molecular complexity index is 1410. The lowest BCUT2D eigenvalue weighted by atomic mass is 9.95. The van der Waals surface area contributed by atoms with Gasteiger partial charge in [0.15, 0.2) is 0 Å². The van der Waals surface area contributed by atoms with Gasteiger partial charge in [-0.25, -0.2) is 22.0 Å². The Morgan fingerprint density at radius 3 is 2.06 bits per heavy atom.